The van der Waals surface area contributed by atoms with Crippen LogP contribution in [0.15, 0.2) is 0 Å². The molecule has 2 atom stereocenters. The molecule has 1 heterocycles. The summed E-state index contributed by atoms with van der Waals surface area (Å²) in [5.41, 5.74) is 0. The van der Waals surface area contributed by atoms with Crippen molar-refractivity contribution in [2.24, 2.45) is 0 Å². The van der Waals surface area contributed by atoms with Gasteiger partial charge in [0.15, 0.2) is 0 Å². The Labute approximate surface area is 88.0 Å². The standard InChI is InChI=1S/C12H24O2/c1-3-4-5-6-9-13-10-12-8-7-11(2)14-12/h11-12H,3-10H2,1-2H3/t11-,12+/m0/s1. The molecule has 2 nitrogen and oxygen atoms in total. The van der Waals surface area contributed by atoms with E-state index >= 15 is 0 Å². The SMILES string of the molecule is CCCCCCOC[C@H]1CC[C@H](C)O1. The Balaban J connectivity index is 1.84. The minimum absolute atomic E-state index is 0.371. The maximum atomic E-state index is 5.66. The lowest BCUT2D eigenvalue weighted by atomic mass is 10.2. The number of ether oxygens (including phenoxy) is 2. The number of hydrogen-bond donors (Lipinski definition) is 0. The fourth-order valence-electron chi connectivity index (χ4n) is 1.85. The first-order chi connectivity index (χ1) is 6.83. The van der Waals surface area contributed by atoms with E-state index in [9.17, 15) is 0 Å². The molecule has 0 amide bonds. The van der Waals surface area contributed by atoms with Crippen molar-refractivity contribution in [1.29, 1.82) is 0 Å². The van der Waals surface area contributed by atoms with Gasteiger partial charge in [0.1, 0.15) is 0 Å². The smallest absolute Gasteiger partial charge is 0.0813 e. The first-order valence-corrected chi connectivity index (χ1v) is 6.06. The van der Waals surface area contributed by atoms with Crippen molar-refractivity contribution >= 4 is 0 Å². The summed E-state index contributed by atoms with van der Waals surface area (Å²) < 4.78 is 11.3. The Hall–Kier alpha value is -0.0800. The van der Waals surface area contributed by atoms with Crippen LogP contribution in [0.5, 0.6) is 0 Å². The molecule has 0 bridgehead atoms. The summed E-state index contributed by atoms with van der Waals surface area (Å²) in [7, 11) is 0. The van der Waals surface area contributed by atoms with Crippen LogP contribution in [-0.4, -0.2) is 25.4 Å². The summed E-state index contributed by atoms with van der Waals surface area (Å²) in [6.45, 7) is 6.08. The van der Waals surface area contributed by atoms with Gasteiger partial charge in [-0.3, -0.25) is 0 Å². The molecule has 84 valence electrons. The molecule has 14 heavy (non-hydrogen) atoms. The molecule has 1 aliphatic rings. The Kier molecular flexibility index (Phi) is 6.20. The van der Waals surface area contributed by atoms with E-state index in [4.69, 9.17) is 9.47 Å². The lowest BCUT2D eigenvalue weighted by molar-refractivity contribution is -0.00988. The normalized spacial score (nSPS) is 27.0. The fraction of sp³-hybridized carbons (Fsp3) is 1.00. The maximum absolute atomic E-state index is 5.66. The van der Waals surface area contributed by atoms with Gasteiger partial charge in [0.05, 0.1) is 18.8 Å². The fourth-order valence-corrected chi connectivity index (χ4v) is 1.85. The Morgan fingerprint density at radius 1 is 1.21 bits per heavy atom. The van der Waals surface area contributed by atoms with Crippen LogP contribution >= 0.6 is 0 Å². The van der Waals surface area contributed by atoms with Crippen LogP contribution in [0.1, 0.15) is 52.4 Å². The number of rotatable bonds is 7. The van der Waals surface area contributed by atoms with Crippen LogP contribution in [0.3, 0.4) is 0 Å². The van der Waals surface area contributed by atoms with Crippen molar-refractivity contribution in [3.63, 3.8) is 0 Å². The van der Waals surface area contributed by atoms with Crippen LogP contribution in [-0.2, 0) is 9.47 Å². The second kappa shape index (κ2) is 7.24. The molecule has 1 fully saturated rings. The van der Waals surface area contributed by atoms with E-state index in [1.165, 1.54) is 38.5 Å². The molecule has 0 spiro atoms. The molecule has 1 aliphatic heterocycles. The molecule has 2 heteroatoms. The molecule has 0 N–H and O–H groups in total. The van der Waals surface area contributed by atoms with E-state index in [1.54, 1.807) is 0 Å². The van der Waals surface area contributed by atoms with E-state index in [0.717, 1.165) is 13.2 Å². The van der Waals surface area contributed by atoms with E-state index < -0.39 is 0 Å². The highest BCUT2D eigenvalue weighted by Gasteiger charge is 2.21. The highest BCUT2D eigenvalue weighted by atomic mass is 16.5. The third kappa shape index (κ3) is 4.97. The Morgan fingerprint density at radius 3 is 2.71 bits per heavy atom. The van der Waals surface area contributed by atoms with E-state index in [2.05, 4.69) is 13.8 Å². The largest absolute Gasteiger partial charge is 0.379 e. The third-order valence-electron chi connectivity index (χ3n) is 2.77. The van der Waals surface area contributed by atoms with Crippen molar-refractivity contribution in [1.82, 2.24) is 0 Å². The van der Waals surface area contributed by atoms with Crippen LogP contribution in [0.2, 0.25) is 0 Å². The van der Waals surface area contributed by atoms with Crippen molar-refractivity contribution < 1.29 is 9.47 Å². The highest BCUT2D eigenvalue weighted by Crippen LogP contribution is 2.19. The van der Waals surface area contributed by atoms with Gasteiger partial charge in [0.2, 0.25) is 0 Å². The van der Waals surface area contributed by atoms with Gasteiger partial charge in [-0.1, -0.05) is 26.2 Å². The quantitative estimate of drug-likeness (QED) is 0.588. The molecule has 0 aliphatic carbocycles. The topological polar surface area (TPSA) is 18.5 Å². The van der Waals surface area contributed by atoms with Crippen molar-refractivity contribution in [3.8, 4) is 0 Å². The molecule has 0 radical (unpaired) electrons. The summed E-state index contributed by atoms with van der Waals surface area (Å²) in [4.78, 5) is 0. The summed E-state index contributed by atoms with van der Waals surface area (Å²) in [6, 6.07) is 0. The molecule has 0 saturated carbocycles. The number of hydrogen-bond acceptors (Lipinski definition) is 2. The monoisotopic (exact) mass is 200 g/mol. The van der Waals surface area contributed by atoms with Gasteiger partial charge in [0.25, 0.3) is 0 Å². The Bertz CT molecular complexity index is 136. The average molecular weight is 200 g/mol. The van der Waals surface area contributed by atoms with Gasteiger partial charge in [-0.2, -0.15) is 0 Å². The van der Waals surface area contributed by atoms with Gasteiger partial charge in [-0.05, 0) is 26.2 Å². The molecule has 0 unspecified atom stereocenters. The molecule has 0 aromatic carbocycles. The summed E-state index contributed by atoms with van der Waals surface area (Å²) in [5, 5.41) is 0. The van der Waals surface area contributed by atoms with Gasteiger partial charge in [-0.15, -0.1) is 0 Å². The molecule has 0 aromatic rings. The van der Waals surface area contributed by atoms with Crippen molar-refractivity contribution in [2.45, 2.75) is 64.6 Å². The second-order valence-electron chi connectivity index (χ2n) is 4.28. The summed E-state index contributed by atoms with van der Waals surface area (Å²) in [5.74, 6) is 0. The van der Waals surface area contributed by atoms with Gasteiger partial charge in [0, 0.05) is 6.61 Å². The minimum atomic E-state index is 0.371. The molecular weight excluding hydrogens is 176 g/mol. The zero-order valence-corrected chi connectivity index (χ0v) is 9.63. The average Bonchev–Trinajstić information content (AvgIpc) is 2.58. The van der Waals surface area contributed by atoms with Gasteiger partial charge < -0.3 is 9.47 Å². The highest BCUT2D eigenvalue weighted by molar-refractivity contribution is 4.69. The minimum Gasteiger partial charge on any atom is -0.379 e. The predicted molar refractivity (Wildman–Crippen MR) is 58.5 cm³/mol. The molecule has 1 saturated heterocycles. The van der Waals surface area contributed by atoms with Crippen LogP contribution in [0.25, 0.3) is 0 Å². The third-order valence-corrected chi connectivity index (χ3v) is 2.77. The van der Waals surface area contributed by atoms with E-state index in [1.807, 2.05) is 0 Å². The second-order valence-corrected chi connectivity index (χ2v) is 4.28. The molecular formula is C12H24O2. The predicted octanol–water partition coefficient (Wildman–Crippen LogP) is 3.15. The molecule has 0 aromatic heterocycles. The summed E-state index contributed by atoms with van der Waals surface area (Å²) in [6.07, 6.45) is 8.33. The first kappa shape index (κ1) is 12.0. The number of unbranched alkanes of at least 4 members (excludes halogenated alkanes) is 3. The maximum Gasteiger partial charge on any atom is 0.0813 e. The van der Waals surface area contributed by atoms with Crippen molar-refractivity contribution in [2.75, 3.05) is 13.2 Å². The van der Waals surface area contributed by atoms with Gasteiger partial charge >= 0.3 is 0 Å². The molecule has 1 rings (SSSR count). The van der Waals surface area contributed by atoms with Crippen LogP contribution in [0, 0.1) is 0 Å². The van der Waals surface area contributed by atoms with E-state index in [-0.39, 0.29) is 0 Å². The Morgan fingerprint density at radius 2 is 2.07 bits per heavy atom. The lowest BCUT2D eigenvalue weighted by Crippen LogP contribution is -2.16. The van der Waals surface area contributed by atoms with Crippen LogP contribution in [0.4, 0.5) is 0 Å². The van der Waals surface area contributed by atoms with Gasteiger partial charge in [-0.25, -0.2) is 0 Å². The first-order valence-electron chi connectivity index (χ1n) is 6.06. The zero-order valence-electron chi connectivity index (χ0n) is 9.63. The van der Waals surface area contributed by atoms with Crippen molar-refractivity contribution in [3.05, 3.63) is 0 Å². The lowest BCUT2D eigenvalue weighted by Gasteiger charge is -2.11. The van der Waals surface area contributed by atoms with Crippen LogP contribution < -0.4 is 0 Å². The summed E-state index contributed by atoms with van der Waals surface area (Å²) >= 11 is 0. The van der Waals surface area contributed by atoms with E-state index in [0.29, 0.717) is 12.2 Å². The zero-order chi connectivity index (χ0) is 10.2.